The average molecular weight is 861 g/mol. The minimum atomic E-state index is -0.146. The van der Waals surface area contributed by atoms with Gasteiger partial charge in [0, 0.05) is 52.4 Å². The van der Waals surface area contributed by atoms with Gasteiger partial charge in [0.1, 0.15) is 38.0 Å². The number of hydrogen-bond acceptors (Lipinski definition) is 12. The molecule has 0 aliphatic carbocycles. The van der Waals surface area contributed by atoms with Crippen LogP contribution in [0.2, 0.25) is 10.2 Å². The number of aromatic nitrogens is 4. The zero-order chi connectivity index (χ0) is 40.9. The van der Waals surface area contributed by atoms with E-state index in [9.17, 15) is 9.59 Å². The van der Waals surface area contributed by atoms with E-state index < -0.39 is 0 Å². The van der Waals surface area contributed by atoms with Crippen molar-refractivity contribution in [3.05, 3.63) is 94.1 Å². The van der Waals surface area contributed by atoms with E-state index in [1.165, 1.54) is 23.6 Å². The van der Waals surface area contributed by atoms with E-state index in [2.05, 4.69) is 44.3 Å². The first-order chi connectivity index (χ1) is 28.3. The van der Waals surface area contributed by atoms with Crippen LogP contribution in [-0.4, -0.2) is 53.2 Å². The quantitative estimate of drug-likeness (QED) is 0.0506. The molecule has 1 N–H and O–H groups in total. The molecule has 0 aliphatic rings. The normalized spacial score (nSPS) is 11.2. The third-order valence-corrected chi connectivity index (χ3v) is 12.4. The Kier molecular flexibility index (Phi) is 15.9. The minimum Gasteiger partial charge on any atom is -0.495 e. The van der Waals surface area contributed by atoms with Crippen molar-refractivity contribution in [1.29, 1.82) is 0 Å². The lowest BCUT2D eigenvalue weighted by Crippen LogP contribution is -2.05. The summed E-state index contributed by atoms with van der Waals surface area (Å²) in [6.07, 6.45) is 10.3. The van der Waals surface area contributed by atoms with Crippen molar-refractivity contribution in [1.82, 2.24) is 19.9 Å². The fourth-order valence-corrected chi connectivity index (χ4v) is 9.48. The molecule has 10 nitrogen and oxygen atoms in total. The highest BCUT2D eigenvalue weighted by Gasteiger charge is 2.16. The Morgan fingerprint density at radius 1 is 0.638 bits per heavy atom. The number of anilines is 1. The second-order valence-corrected chi connectivity index (χ2v) is 16.6. The molecule has 0 aliphatic heterocycles. The molecule has 0 saturated heterocycles. The molecule has 0 fully saturated rings. The number of carbonyl (C=O) groups is 2. The molecular weight excluding hydrogens is 814 g/mol. The maximum Gasteiger partial charge on any atom is 0.305 e. The fourth-order valence-electron chi connectivity index (χ4n) is 6.66. The van der Waals surface area contributed by atoms with Gasteiger partial charge in [-0.05, 0) is 55.5 Å². The van der Waals surface area contributed by atoms with Crippen LogP contribution in [0.4, 0.5) is 5.82 Å². The van der Waals surface area contributed by atoms with Gasteiger partial charge >= 0.3 is 11.9 Å². The Bertz CT molecular complexity index is 2490. The molecule has 0 unspecified atom stereocenters. The standard InChI is InChI=1S/C26H28ClN3O3S.C18H19ClN2O2S/c1-32-20-14-13-17(15-19(20)27)16-28-25-24-18-9-7-8-10-21(18)34-26(24)30-22(29-25)11-5-3-4-6-12-23(31)33-2;1-23-15(22)11-5-3-2-4-10-14-20-17(19)16-12-8-6-7-9-13(12)24-18(16)21-14/h7-10,13-15H,3-6,11-12,16H2,1-2H3,(H,28,29,30);6-9H,2-5,10-11H2,1H3. The van der Waals surface area contributed by atoms with Crippen LogP contribution < -0.4 is 10.1 Å². The molecule has 58 heavy (non-hydrogen) atoms. The molecule has 7 aromatic rings. The molecule has 0 saturated carbocycles. The van der Waals surface area contributed by atoms with Gasteiger partial charge in [-0.15, -0.1) is 22.7 Å². The molecule has 0 radical (unpaired) electrons. The summed E-state index contributed by atoms with van der Waals surface area (Å²) in [5.74, 6) is 2.85. The second kappa shape index (κ2) is 21.4. The Labute approximate surface area is 356 Å². The van der Waals surface area contributed by atoms with Gasteiger partial charge in [0.05, 0.1) is 37.1 Å². The van der Waals surface area contributed by atoms with E-state index in [0.29, 0.717) is 35.3 Å². The van der Waals surface area contributed by atoms with E-state index in [0.717, 1.165) is 118 Å². The minimum absolute atomic E-state index is 0.139. The van der Waals surface area contributed by atoms with E-state index in [-0.39, 0.29) is 11.9 Å². The average Bonchev–Trinajstić information content (AvgIpc) is 3.81. The first-order valence-electron chi connectivity index (χ1n) is 19.5. The molecule has 0 atom stereocenters. The summed E-state index contributed by atoms with van der Waals surface area (Å²) in [4.78, 5) is 43.2. The van der Waals surface area contributed by atoms with Crippen molar-refractivity contribution in [2.75, 3.05) is 26.6 Å². The molecule has 7 rings (SSSR count). The number of carbonyl (C=O) groups excluding carboxylic acids is 2. The molecular formula is C44H47Cl2N5O5S2. The van der Waals surface area contributed by atoms with Gasteiger partial charge in [-0.25, -0.2) is 19.9 Å². The van der Waals surface area contributed by atoms with E-state index in [1.54, 1.807) is 29.8 Å². The third kappa shape index (κ3) is 11.3. The number of hydrogen-bond donors (Lipinski definition) is 1. The maximum absolute atomic E-state index is 11.3. The second-order valence-electron chi connectivity index (χ2n) is 13.8. The van der Waals surface area contributed by atoms with Crippen molar-refractivity contribution >= 4 is 104 Å². The molecule has 304 valence electrons. The molecule has 0 bridgehead atoms. The molecule has 0 spiro atoms. The number of methoxy groups -OCH3 is 3. The lowest BCUT2D eigenvalue weighted by atomic mass is 10.1. The zero-order valence-electron chi connectivity index (χ0n) is 32.9. The number of rotatable bonds is 18. The number of benzene rings is 3. The monoisotopic (exact) mass is 859 g/mol. The summed E-state index contributed by atoms with van der Waals surface area (Å²) < 4.78 is 17.0. The van der Waals surface area contributed by atoms with Crippen molar-refractivity contribution in [2.24, 2.45) is 0 Å². The predicted molar refractivity (Wildman–Crippen MR) is 238 cm³/mol. The number of nitrogens with one attached hydrogen (secondary N) is 1. The van der Waals surface area contributed by atoms with Crippen molar-refractivity contribution in [3.8, 4) is 5.75 Å². The number of nitrogens with zero attached hydrogens (tertiary/aromatic N) is 4. The van der Waals surface area contributed by atoms with Crippen LogP contribution in [0, 0.1) is 0 Å². The molecule has 14 heteroatoms. The van der Waals surface area contributed by atoms with Crippen LogP contribution in [0.3, 0.4) is 0 Å². The molecule has 0 amide bonds. The lowest BCUT2D eigenvalue weighted by molar-refractivity contribution is -0.141. The number of aryl methyl sites for hydroxylation is 2. The molecule has 4 aromatic heterocycles. The first-order valence-corrected chi connectivity index (χ1v) is 21.9. The predicted octanol–water partition coefficient (Wildman–Crippen LogP) is 11.9. The number of ether oxygens (including phenoxy) is 3. The van der Waals surface area contributed by atoms with Gasteiger partial charge in [-0.2, -0.15) is 0 Å². The molecule has 4 heterocycles. The third-order valence-electron chi connectivity index (χ3n) is 9.72. The Morgan fingerprint density at radius 3 is 1.74 bits per heavy atom. The lowest BCUT2D eigenvalue weighted by Gasteiger charge is -2.11. The first kappa shape index (κ1) is 43.0. The van der Waals surface area contributed by atoms with Gasteiger partial charge in [0.15, 0.2) is 0 Å². The summed E-state index contributed by atoms with van der Waals surface area (Å²) in [6.45, 7) is 0.590. The largest absolute Gasteiger partial charge is 0.495 e. The fraction of sp³-hybridized carbons (Fsp3) is 0.364. The van der Waals surface area contributed by atoms with Gasteiger partial charge in [-0.1, -0.05) is 91.3 Å². The Morgan fingerprint density at radius 2 is 1.17 bits per heavy atom. The summed E-state index contributed by atoms with van der Waals surface area (Å²) in [6, 6.07) is 22.3. The highest BCUT2D eigenvalue weighted by Crippen LogP contribution is 2.38. The van der Waals surface area contributed by atoms with E-state index in [1.807, 2.05) is 42.5 Å². The SMILES string of the molecule is COC(=O)CCCCCCc1nc(Cl)c2c(n1)sc1ccccc12.COC(=O)CCCCCCc1nc(NCc2ccc(OC)c(Cl)c2)c2c(n1)sc1ccccc12. The van der Waals surface area contributed by atoms with Gasteiger partial charge in [0.25, 0.3) is 0 Å². The zero-order valence-corrected chi connectivity index (χ0v) is 36.1. The smallest absolute Gasteiger partial charge is 0.305 e. The number of thiophene rings is 2. The van der Waals surface area contributed by atoms with Crippen LogP contribution >= 0.6 is 45.9 Å². The maximum atomic E-state index is 11.3. The summed E-state index contributed by atoms with van der Waals surface area (Å²) in [5, 5.41) is 8.94. The van der Waals surface area contributed by atoms with Crippen molar-refractivity contribution < 1.29 is 23.8 Å². The Hall–Kier alpha value is -4.62. The Balaban J connectivity index is 0.000000208. The highest BCUT2D eigenvalue weighted by atomic mass is 35.5. The van der Waals surface area contributed by atoms with Crippen LogP contribution in [0.1, 0.15) is 81.4 Å². The van der Waals surface area contributed by atoms with E-state index >= 15 is 0 Å². The number of unbranched alkanes of at least 4 members (excludes halogenated alkanes) is 6. The summed E-state index contributed by atoms with van der Waals surface area (Å²) in [7, 11) is 4.46. The van der Waals surface area contributed by atoms with E-state index in [4.69, 9.17) is 42.6 Å². The number of esters is 2. The molecule has 3 aromatic carbocycles. The van der Waals surface area contributed by atoms with Crippen LogP contribution in [-0.2, 0) is 38.4 Å². The van der Waals surface area contributed by atoms with Gasteiger partial charge < -0.3 is 19.5 Å². The van der Waals surface area contributed by atoms with Crippen LogP contribution in [0.5, 0.6) is 5.75 Å². The van der Waals surface area contributed by atoms with Crippen molar-refractivity contribution in [2.45, 2.75) is 83.6 Å². The summed E-state index contributed by atoms with van der Waals surface area (Å²) in [5.41, 5.74) is 1.05. The van der Waals surface area contributed by atoms with Gasteiger partial charge in [-0.3, -0.25) is 9.59 Å². The number of fused-ring (bicyclic) bond motifs is 6. The topological polar surface area (TPSA) is 125 Å². The van der Waals surface area contributed by atoms with Crippen LogP contribution in [0.15, 0.2) is 66.7 Å². The van der Waals surface area contributed by atoms with Crippen molar-refractivity contribution in [3.63, 3.8) is 0 Å². The number of halogens is 2. The highest BCUT2D eigenvalue weighted by molar-refractivity contribution is 7.26. The van der Waals surface area contributed by atoms with Crippen LogP contribution in [0.25, 0.3) is 40.6 Å². The van der Waals surface area contributed by atoms with Gasteiger partial charge in [0.2, 0.25) is 0 Å². The summed E-state index contributed by atoms with van der Waals surface area (Å²) >= 11 is 16.1.